The van der Waals surface area contributed by atoms with Crippen LogP contribution in [0.1, 0.15) is 65.7 Å². The van der Waals surface area contributed by atoms with Gasteiger partial charge in [0.05, 0.1) is 0 Å². The van der Waals surface area contributed by atoms with Crippen molar-refractivity contribution in [3.8, 4) is 0 Å². The van der Waals surface area contributed by atoms with E-state index in [-0.39, 0.29) is 28.4 Å². The minimum absolute atomic E-state index is 0.0132. The van der Waals surface area contributed by atoms with Crippen LogP contribution >= 0.6 is 12.2 Å². The zero-order chi connectivity index (χ0) is 22.0. The Morgan fingerprint density at radius 2 is 1.61 bits per heavy atom. The maximum atomic E-state index is 13.0. The van der Waals surface area contributed by atoms with Crippen LogP contribution in [-0.4, -0.2) is 15.0 Å². The molecule has 31 heavy (non-hydrogen) atoms. The molecule has 2 heterocycles. The van der Waals surface area contributed by atoms with Crippen molar-refractivity contribution in [3.05, 3.63) is 91.9 Å². The summed E-state index contributed by atoms with van der Waals surface area (Å²) >= 11 is 5.17. The van der Waals surface area contributed by atoms with Crippen molar-refractivity contribution in [2.24, 2.45) is 0 Å². The average Bonchev–Trinajstić information content (AvgIpc) is 2.76. The van der Waals surface area contributed by atoms with Crippen molar-refractivity contribution in [1.82, 2.24) is 15.0 Å². The Kier molecular flexibility index (Phi) is 6.09. The topological polar surface area (TPSA) is 61.5 Å². The van der Waals surface area contributed by atoms with Crippen molar-refractivity contribution in [3.63, 3.8) is 0 Å². The molecule has 162 valence electrons. The summed E-state index contributed by atoms with van der Waals surface area (Å²) < 4.78 is 39.3. The number of rotatable bonds is 4. The third kappa shape index (κ3) is 4.95. The van der Waals surface area contributed by atoms with Gasteiger partial charge in [-0.15, -0.1) is 0 Å². The van der Waals surface area contributed by atoms with Crippen LogP contribution < -0.4 is 5.56 Å². The monoisotopic (exact) mass is 445 g/mol. The molecule has 2 N–H and O–H groups in total. The van der Waals surface area contributed by atoms with E-state index in [4.69, 9.17) is 12.2 Å². The number of hydrogen-bond acceptors (Lipinski definition) is 3. The molecule has 0 amide bonds. The molecule has 0 atom stereocenters. The van der Waals surface area contributed by atoms with Crippen molar-refractivity contribution >= 4 is 12.2 Å². The summed E-state index contributed by atoms with van der Waals surface area (Å²) in [5.41, 5.74) is 1.31. The van der Waals surface area contributed by atoms with Crippen LogP contribution in [-0.2, 0) is 12.6 Å². The number of nitrogens with one attached hydrogen (secondary N) is 2. The fourth-order valence-corrected chi connectivity index (χ4v) is 4.61. The molecule has 4 rings (SSSR count). The molecular weight excluding hydrogens is 423 g/mol. The van der Waals surface area contributed by atoms with E-state index in [1.807, 2.05) is 18.2 Å². The SMILES string of the molecule is O=c1[nH]c(=S)[nH]c(C2CCC(c3ccccc3)CC2)c1Cc1cccc(C(F)(F)F)n1. The first-order chi connectivity index (χ1) is 14.8. The maximum absolute atomic E-state index is 13.0. The maximum Gasteiger partial charge on any atom is 0.433 e. The third-order valence-electron chi connectivity index (χ3n) is 5.94. The molecule has 3 aromatic rings. The highest BCUT2D eigenvalue weighted by Gasteiger charge is 2.32. The summed E-state index contributed by atoms with van der Waals surface area (Å²) in [6.07, 6.45) is -0.821. The van der Waals surface area contributed by atoms with Crippen LogP contribution in [0.5, 0.6) is 0 Å². The summed E-state index contributed by atoms with van der Waals surface area (Å²) in [6.45, 7) is 0. The van der Waals surface area contributed by atoms with E-state index < -0.39 is 11.9 Å². The van der Waals surface area contributed by atoms with Gasteiger partial charge in [-0.2, -0.15) is 13.2 Å². The zero-order valence-electron chi connectivity index (χ0n) is 16.7. The lowest BCUT2D eigenvalue weighted by atomic mass is 9.76. The number of aromatic nitrogens is 3. The molecule has 1 fully saturated rings. The van der Waals surface area contributed by atoms with Gasteiger partial charge < -0.3 is 4.98 Å². The summed E-state index contributed by atoms with van der Waals surface area (Å²) in [5, 5.41) is 0. The molecule has 1 aliphatic carbocycles. The highest BCUT2D eigenvalue weighted by Crippen LogP contribution is 2.40. The van der Waals surface area contributed by atoms with Gasteiger partial charge in [-0.1, -0.05) is 36.4 Å². The summed E-state index contributed by atoms with van der Waals surface area (Å²) in [5.74, 6) is 0.570. The molecule has 1 aliphatic rings. The normalized spacial score (nSPS) is 19.3. The number of aromatic amines is 2. The zero-order valence-corrected chi connectivity index (χ0v) is 17.5. The van der Waals surface area contributed by atoms with Crippen molar-refractivity contribution in [2.75, 3.05) is 0 Å². The summed E-state index contributed by atoms with van der Waals surface area (Å²) in [7, 11) is 0. The summed E-state index contributed by atoms with van der Waals surface area (Å²) in [6, 6.07) is 14.1. The fraction of sp³-hybridized carbons (Fsp3) is 0.348. The number of nitrogens with zero attached hydrogens (tertiary/aromatic N) is 1. The molecule has 1 aromatic carbocycles. The second kappa shape index (κ2) is 8.78. The van der Waals surface area contributed by atoms with Crippen LogP contribution in [0.4, 0.5) is 13.2 Å². The van der Waals surface area contributed by atoms with Gasteiger partial charge in [-0.3, -0.25) is 9.78 Å². The van der Waals surface area contributed by atoms with E-state index in [0.29, 0.717) is 11.5 Å². The lowest BCUT2D eigenvalue weighted by Crippen LogP contribution is -2.23. The number of alkyl halides is 3. The van der Waals surface area contributed by atoms with Crippen molar-refractivity contribution in [1.29, 1.82) is 0 Å². The predicted molar refractivity (Wildman–Crippen MR) is 115 cm³/mol. The Bertz CT molecular complexity index is 1160. The quantitative estimate of drug-likeness (QED) is 0.493. The van der Waals surface area contributed by atoms with E-state index in [0.717, 1.165) is 37.4 Å². The molecule has 0 aliphatic heterocycles. The van der Waals surface area contributed by atoms with E-state index >= 15 is 0 Å². The first-order valence-corrected chi connectivity index (χ1v) is 10.7. The summed E-state index contributed by atoms with van der Waals surface area (Å²) in [4.78, 5) is 22.1. The predicted octanol–water partition coefficient (Wildman–Crippen LogP) is 5.88. The van der Waals surface area contributed by atoms with Gasteiger partial charge in [0, 0.05) is 23.4 Å². The van der Waals surface area contributed by atoms with Gasteiger partial charge >= 0.3 is 6.18 Å². The molecule has 2 aromatic heterocycles. The van der Waals surface area contributed by atoms with Gasteiger partial charge in [-0.05, 0) is 67.4 Å². The molecule has 0 unspecified atom stereocenters. The molecular formula is C23H22F3N3OS. The molecule has 4 nitrogen and oxygen atoms in total. The van der Waals surface area contributed by atoms with Crippen LogP contribution in [0.15, 0.2) is 53.3 Å². The highest BCUT2D eigenvalue weighted by molar-refractivity contribution is 7.71. The van der Waals surface area contributed by atoms with Gasteiger partial charge in [0.15, 0.2) is 4.77 Å². The van der Waals surface area contributed by atoms with Gasteiger partial charge in [0.2, 0.25) is 0 Å². The number of benzene rings is 1. The standard InChI is InChI=1S/C23H22F3N3OS/c24-23(25,26)19-8-4-7-17(27-19)13-18-20(28-22(31)29-21(18)30)16-11-9-15(10-12-16)14-5-2-1-3-6-14/h1-8,15-16H,9-13H2,(H2,28,29,30,31). The van der Waals surface area contributed by atoms with Crippen molar-refractivity contribution in [2.45, 2.75) is 50.1 Å². The van der Waals surface area contributed by atoms with Crippen LogP contribution in [0, 0.1) is 4.77 Å². The Balaban J connectivity index is 1.60. The Hall–Kier alpha value is -2.74. The van der Waals surface area contributed by atoms with E-state index in [9.17, 15) is 18.0 Å². The molecule has 1 saturated carbocycles. The van der Waals surface area contributed by atoms with E-state index in [1.165, 1.54) is 17.7 Å². The number of hydrogen-bond donors (Lipinski definition) is 2. The largest absolute Gasteiger partial charge is 0.433 e. The van der Waals surface area contributed by atoms with Gasteiger partial charge in [0.25, 0.3) is 5.56 Å². The number of H-pyrrole nitrogens is 2. The lowest BCUT2D eigenvalue weighted by molar-refractivity contribution is -0.141. The lowest BCUT2D eigenvalue weighted by Gasteiger charge is -2.29. The van der Waals surface area contributed by atoms with E-state index in [1.54, 1.807) is 0 Å². The second-order valence-corrected chi connectivity index (χ2v) is 8.36. The fourth-order valence-electron chi connectivity index (χ4n) is 4.41. The molecule has 0 radical (unpaired) electrons. The van der Waals surface area contributed by atoms with Crippen molar-refractivity contribution < 1.29 is 13.2 Å². The highest BCUT2D eigenvalue weighted by atomic mass is 32.1. The van der Waals surface area contributed by atoms with Gasteiger partial charge in [-0.25, -0.2) is 4.98 Å². The van der Waals surface area contributed by atoms with Crippen LogP contribution in [0.25, 0.3) is 0 Å². The van der Waals surface area contributed by atoms with Crippen LogP contribution in [0.3, 0.4) is 0 Å². The smallest absolute Gasteiger partial charge is 0.335 e. The van der Waals surface area contributed by atoms with Crippen LogP contribution in [0.2, 0.25) is 0 Å². The first-order valence-electron chi connectivity index (χ1n) is 10.2. The minimum Gasteiger partial charge on any atom is -0.335 e. The van der Waals surface area contributed by atoms with Gasteiger partial charge in [0.1, 0.15) is 5.69 Å². The van der Waals surface area contributed by atoms with E-state index in [2.05, 4.69) is 27.1 Å². The molecule has 8 heteroatoms. The number of halogens is 3. The second-order valence-electron chi connectivity index (χ2n) is 7.95. The molecule has 0 saturated heterocycles. The minimum atomic E-state index is -4.53. The average molecular weight is 446 g/mol. The molecule has 0 bridgehead atoms. The Labute approximate surface area is 182 Å². The number of pyridine rings is 1. The third-order valence-corrected chi connectivity index (χ3v) is 6.14. The Morgan fingerprint density at radius 3 is 2.29 bits per heavy atom. The Morgan fingerprint density at radius 1 is 0.935 bits per heavy atom. The first kappa shape index (κ1) is 21.5. The molecule has 0 spiro atoms.